The van der Waals surface area contributed by atoms with Crippen LogP contribution in [0.25, 0.3) is 0 Å². The molecule has 0 fully saturated rings. The van der Waals surface area contributed by atoms with E-state index in [2.05, 4.69) is 0 Å². The fourth-order valence-corrected chi connectivity index (χ4v) is 4.26. The average molecular weight is 358 g/mol. The van der Waals surface area contributed by atoms with Gasteiger partial charge in [-0.05, 0) is 49.7 Å². The highest BCUT2D eigenvalue weighted by Gasteiger charge is 2.46. The second-order valence-electron chi connectivity index (χ2n) is 7.35. The topological polar surface area (TPSA) is 54.4 Å². The van der Waals surface area contributed by atoms with Crippen LogP contribution < -0.4 is 0 Å². The van der Waals surface area contributed by atoms with Gasteiger partial charge in [0, 0.05) is 0 Å². The lowest BCUT2D eigenvalue weighted by Gasteiger charge is -2.38. The van der Waals surface area contributed by atoms with Crippen LogP contribution in [0.1, 0.15) is 39.5 Å². The fraction of sp³-hybridized carbons (Fsp3) is 0.857. The summed E-state index contributed by atoms with van der Waals surface area (Å²) >= 11 is 0. The van der Waals surface area contributed by atoms with Gasteiger partial charge >= 0.3 is 5.51 Å². The standard InChI is InChI=1S/C14H25F3O3SSi/c1-13(2,22(3,4)20)9-11-5-7-12(8-6-11)10-21(18,19)14(15,16)17/h7,11,20H,5-6,8-10H2,1-4H3. The number of sulfone groups is 1. The van der Waals surface area contributed by atoms with Crippen LogP contribution in [-0.2, 0) is 9.84 Å². The van der Waals surface area contributed by atoms with Gasteiger partial charge < -0.3 is 4.80 Å². The van der Waals surface area contributed by atoms with Gasteiger partial charge in [-0.3, -0.25) is 0 Å². The first-order valence-electron chi connectivity index (χ1n) is 7.35. The van der Waals surface area contributed by atoms with Crippen LogP contribution in [0.4, 0.5) is 13.2 Å². The number of alkyl halides is 3. The molecule has 1 atom stereocenters. The number of hydrogen-bond donors (Lipinski definition) is 1. The van der Waals surface area contributed by atoms with E-state index < -0.39 is 29.4 Å². The predicted molar refractivity (Wildman–Crippen MR) is 83.6 cm³/mol. The molecule has 0 amide bonds. The zero-order chi connectivity index (χ0) is 17.4. The van der Waals surface area contributed by atoms with Crippen molar-refractivity contribution in [3.05, 3.63) is 11.6 Å². The third kappa shape index (κ3) is 4.83. The number of hydrogen-bond acceptors (Lipinski definition) is 3. The van der Waals surface area contributed by atoms with Crippen molar-refractivity contribution in [2.45, 2.75) is 63.2 Å². The Morgan fingerprint density at radius 2 is 1.86 bits per heavy atom. The smallest absolute Gasteiger partial charge is 0.432 e. The van der Waals surface area contributed by atoms with E-state index in [-0.39, 0.29) is 11.0 Å². The third-order valence-electron chi connectivity index (χ3n) is 4.80. The molecule has 1 aliphatic rings. The highest BCUT2D eigenvalue weighted by molar-refractivity contribution is 7.92. The fourth-order valence-electron chi connectivity index (χ4n) is 2.56. The molecule has 3 nitrogen and oxygen atoms in total. The highest BCUT2D eigenvalue weighted by atomic mass is 32.2. The second-order valence-corrected chi connectivity index (χ2v) is 13.8. The van der Waals surface area contributed by atoms with Crippen molar-refractivity contribution in [2.75, 3.05) is 5.75 Å². The molecular weight excluding hydrogens is 333 g/mol. The molecule has 0 saturated heterocycles. The average Bonchev–Trinajstić information content (AvgIpc) is 2.28. The molecule has 0 aromatic carbocycles. The summed E-state index contributed by atoms with van der Waals surface area (Å²) < 4.78 is 59.5. The summed E-state index contributed by atoms with van der Waals surface area (Å²) in [5.74, 6) is -0.640. The molecule has 0 bridgehead atoms. The molecule has 0 aromatic heterocycles. The summed E-state index contributed by atoms with van der Waals surface area (Å²) in [5.41, 5.74) is -4.83. The van der Waals surface area contributed by atoms with E-state index in [0.717, 1.165) is 6.42 Å². The Labute approximate surface area is 131 Å². The first-order chi connectivity index (χ1) is 9.66. The highest BCUT2D eigenvalue weighted by Crippen LogP contribution is 2.44. The lowest BCUT2D eigenvalue weighted by Crippen LogP contribution is -2.40. The quantitative estimate of drug-likeness (QED) is 0.597. The summed E-state index contributed by atoms with van der Waals surface area (Å²) in [6.07, 6.45) is 4.07. The van der Waals surface area contributed by atoms with Gasteiger partial charge in [0.1, 0.15) is 0 Å². The normalized spacial score (nSPS) is 21.6. The van der Waals surface area contributed by atoms with Crippen LogP contribution in [-0.4, -0.2) is 32.8 Å². The molecule has 0 radical (unpaired) electrons. The maximum Gasteiger partial charge on any atom is 0.497 e. The number of halogens is 3. The van der Waals surface area contributed by atoms with Gasteiger partial charge in [0.25, 0.3) is 9.84 Å². The predicted octanol–water partition coefficient (Wildman–Crippen LogP) is 4.02. The minimum atomic E-state index is -5.18. The van der Waals surface area contributed by atoms with Crippen molar-refractivity contribution in [1.29, 1.82) is 0 Å². The zero-order valence-corrected chi connectivity index (χ0v) is 15.3. The van der Waals surface area contributed by atoms with Crippen LogP contribution in [0.2, 0.25) is 18.1 Å². The Morgan fingerprint density at radius 1 is 1.32 bits per heavy atom. The van der Waals surface area contributed by atoms with E-state index in [0.29, 0.717) is 24.8 Å². The molecule has 0 saturated carbocycles. The molecule has 1 unspecified atom stereocenters. The lowest BCUT2D eigenvalue weighted by atomic mass is 9.84. The molecule has 0 spiro atoms. The van der Waals surface area contributed by atoms with Gasteiger partial charge in [-0.25, -0.2) is 8.42 Å². The van der Waals surface area contributed by atoms with Crippen LogP contribution in [0, 0.1) is 5.92 Å². The van der Waals surface area contributed by atoms with E-state index in [1.165, 1.54) is 0 Å². The lowest BCUT2D eigenvalue weighted by molar-refractivity contribution is -0.0433. The van der Waals surface area contributed by atoms with Crippen molar-refractivity contribution in [3.8, 4) is 0 Å². The molecular formula is C14H25F3O3SSi. The van der Waals surface area contributed by atoms with Crippen LogP contribution in [0.3, 0.4) is 0 Å². The number of rotatable bonds is 5. The molecule has 22 heavy (non-hydrogen) atoms. The zero-order valence-electron chi connectivity index (χ0n) is 13.5. The van der Waals surface area contributed by atoms with Gasteiger partial charge in [-0.2, -0.15) is 13.2 Å². The molecule has 8 heteroatoms. The maximum atomic E-state index is 12.4. The van der Waals surface area contributed by atoms with Crippen molar-refractivity contribution >= 4 is 18.2 Å². The van der Waals surface area contributed by atoms with Crippen molar-refractivity contribution in [1.82, 2.24) is 0 Å². The summed E-state index contributed by atoms with van der Waals surface area (Å²) in [5, 5.41) is -0.180. The minimum Gasteiger partial charge on any atom is -0.432 e. The maximum absolute atomic E-state index is 12.4. The van der Waals surface area contributed by atoms with Gasteiger partial charge in [0.15, 0.2) is 8.32 Å². The Morgan fingerprint density at radius 3 is 2.23 bits per heavy atom. The monoisotopic (exact) mass is 358 g/mol. The van der Waals surface area contributed by atoms with Gasteiger partial charge in [-0.15, -0.1) is 0 Å². The van der Waals surface area contributed by atoms with E-state index in [4.69, 9.17) is 0 Å². The largest absolute Gasteiger partial charge is 0.497 e. The molecule has 1 aliphatic carbocycles. The SMILES string of the molecule is CC(C)(CC1CC=C(CS(=O)(=O)C(F)(F)F)CC1)[Si](C)(C)O. The Bertz CT molecular complexity index is 531. The molecule has 1 N–H and O–H groups in total. The van der Waals surface area contributed by atoms with Gasteiger partial charge in [-0.1, -0.05) is 25.5 Å². The summed E-state index contributed by atoms with van der Waals surface area (Å²) in [4.78, 5) is 10.3. The van der Waals surface area contributed by atoms with Crippen molar-refractivity contribution < 1.29 is 26.4 Å². The van der Waals surface area contributed by atoms with Gasteiger partial charge in [0.05, 0.1) is 5.75 Å². The van der Waals surface area contributed by atoms with Crippen molar-refractivity contribution in [2.24, 2.45) is 5.92 Å². The van der Waals surface area contributed by atoms with E-state index in [9.17, 15) is 26.4 Å². The van der Waals surface area contributed by atoms with Crippen molar-refractivity contribution in [3.63, 3.8) is 0 Å². The van der Waals surface area contributed by atoms with E-state index >= 15 is 0 Å². The summed E-state index contributed by atoms with van der Waals surface area (Å²) in [6, 6.07) is 0. The molecule has 0 aromatic rings. The summed E-state index contributed by atoms with van der Waals surface area (Å²) in [7, 11) is -7.39. The number of allylic oxidation sites excluding steroid dienone is 1. The Kier molecular flexibility index (Phi) is 5.62. The molecule has 0 heterocycles. The first kappa shape index (κ1) is 19.7. The third-order valence-corrected chi connectivity index (χ3v) is 9.77. The second kappa shape index (κ2) is 6.28. The minimum absolute atomic E-state index is 0.180. The van der Waals surface area contributed by atoms with E-state index in [1.807, 2.05) is 26.9 Å². The van der Waals surface area contributed by atoms with Crippen LogP contribution in [0.15, 0.2) is 11.6 Å². The van der Waals surface area contributed by atoms with Gasteiger partial charge in [0.2, 0.25) is 0 Å². The molecule has 130 valence electrons. The summed E-state index contributed by atoms with van der Waals surface area (Å²) in [6.45, 7) is 7.80. The Hall–Kier alpha value is -0.343. The van der Waals surface area contributed by atoms with Crippen LogP contribution >= 0.6 is 0 Å². The molecule has 0 aliphatic heterocycles. The molecule has 1 rings (SSSR count). The van der Waals surface area contributed by atoms with Crippen LogP contribution in [0.5, 0.6) is 0 Å². The first-order valence-corrected chi connectivity index (χ1v) is 11.9. The Balaban J connectivity index is 2.68. The van der Waals surface area contributed by atoms with E-state index in [1.54, 1.807) is 6.08 Å².